The fourth-order valence-electron chi connectivity index (χ4n) is 0.536. The number of ether oxygens (including phenoxy) is 2. The molecule has 0 fully saturated rings. The minimum Gasteiger partial charge on any atom is -0.468 e. The number of hydrogen-bond donors (Lipinski definition) is 1. The second-order valence-corrected chi connectivity index (χ2v) is 4.08. The van der Waals surface area contributed by atoms with E-state index < -0.39 is 16.1 Å². The number of carbonyl (C=O) groups excluding carboxylic acids is 2. The molecule has 0 rings (SSSR count). The van der Waals surface area contributed by atoms with Crippen molar-refractivity contribution in [2.24, 2.45) is 0 Å². The summed E-state index contributed by atoms with van der Waals surface area (Å²) in [7, 11) is -3.58. The second kappa shape index (κ2) is 6.19. The Bertz CT molecular complexity index is 285. The third kappa shape index (κ3) is 8.78. The van der Waals surface area contributed by atoms with Crippen LogP contribution in [0.5, 0.6) is 0 Å². The summed E-state index contributed by atoms with van der Waals surface area (Å²) >= 11 is 0. The molecule has 14 heavy (non-hydrogen) atoms. The van der Waals surface area contributed by atoms with E-state index in [1.54, 1.807) is 4.72 Å². The minimum absolute atomic E-state index is 0.0187. The Hall–Kier alpha value is -1.31. The van der Waals surface area contributed by atoms with Gasteiger partial charge in [0, 0.05) is 6.42 Å². The summed E-state index contributed by atoms with van der Waals surface area (Å²) < 4.78 is 31.3. The average molecular weight is 225 g/mol. The van der Waals surface area contributed by atoms with Crippen LogP contribution in [0.25, 0.3) is 0 Å². The van der Waals surface area contributed by atoms with Gasteiger partial charge in [-0.25, -0.2) is 17.9 Å². The summed E-state index contributed by atoms with van der Waals surface area (Å²) in [6.45, 7) is 0.376. The molecule has 8 heteroatoms. The van der Waals surface area contributed by atoms with Crippen LogP contribution < -0.4 is 4.72 Å². The van der Waals surface area contributed by atoms with E-state index in [1.165, 1.54) is 0 Å². The molecule has 0 heterocycles. The molecule has 1 amide bonds. The van der Waals surface area contributed by atoms with Gasteiger partial charge in [-0.15, -0.1) is 0 Å². The van der Waals surface area contributed by atoms with E-state index in [9.17, 15) is 18.0 Å². The van der Waals surface area contributed by atoms with Crippen molar-refractivity contribution < 1.29 is 27.5 Å². The van der Waals surface area contributed by atoms with Crippen LogP contribution in [0, 0.1) is 0 Å². The molecule has 0 saturated heterocycles. The van der Waals surface area contributed by atoms with Crippen LogP contribution in [0.3, 0.4) is 0 Å². The lowest BCUT2D eigenvalue weighted by Gasteiger charge is -2.04. The zero-order valence-corrected chi connectivity index (χ0v) is 8.37. The van der Waals surface area contributed by atoms with Crippen LogP contribution in [0.15, 0.2) is 0 Å². The minimum atomic E-state index is -3.58. The first-order valence-corrected chi connectivity index (χ1v) is 5.54. The zero-order chi connectivity index (χ0) is 11.0. The van der Waals surface area contributed by atoms with Crippen LogP contribution in [0.2, 0.25) is 0 Å². The molecular weight excluding hydrogens is 214 g/mol. The first-order chi connectivity index (χ1) is 6.45. The van der Waals surface area contributed by atoms with E-state index in [2.05, 4.69) is 9.47 Å². The summed E-state index contributed by atoms with van der Waals surface area (Å²) in [5.74, 6) is 0. The van der Waals surface area contributed by atoms with Gasteiger partial charge in [-0.1, -0.05) is 0 Å². The van der Waals surface area contributed by atoms with Gasteiger partial charge >= 0.3 is 6.09 Å². The highest BCUT2D eigenvalue weighted by atomic mass is 32.2. The van der Waals surface area contributed by atoms with Gasteiger partial charge in [0.25, 0.3) is 6.47 Å². The molecule has 0 aliphatic rings. The van der Waals surface area contributed by atoms with Gasteiger partial charge in [0.15, 0.2) is 0 Å². The Balaban J connectivity index is 3.50. The van der Waals surface area contributed by atoms with E-state index in [-0.39, 0.29) is 19.7 Å². The Labute approximate surface area is 81.4 Å². The summed E-state index contributed by atoms with van der Waals surface area (Å²) in [6, 6.07) is 0. The van der Waals surface area contributed by atoms with Gasteiger partial charge in [-0.05, 0) is 0 Å². The fraction of sp³-hybridized carbons (Fsp3) is 0.667. The van der Waals surface area contributed by atoms with Crippen molar-refractivity contribution in [2.75, 3.05) is 19.5 Å². The van der Waals surface area contributed by atoms with Crippen molar-refractivity contribution in [3.8, 4) is 0 Å². The quantitative estimate of drug-likeness (QED) is 0.471. The third-order valence-electron chi connectivity index (χ3n) is 0.976. The monoisotopic (exact) mass is 225 g/mol. The van der Waals surface area contributed by atoms with Gasteiger partial charge in [0.2, 0.25) is 10.0 Å². The number of rotatable bonds is 6. The SMILES string of the molecule is CS(=O)(=O)NC(=O)OCCCOC=O. The third-order valence-corrected chi connectivity index (χ3v) is 1.51. The Morgan fingerprint density at radius 2 is 2.07 bits per heavy atom. The molecule has 0 atom stereocenters. The van der Waals surface area contributed by atoms with E-state index in [4.69, 9.17) is 0 Å². The maximum Gasteiger partial charge on any atom is 0.420 e. The lowest BCUT2D eigenvalue weighted by Crippen LogP contribution is -2.30. The van der Waals surface area contributed by atoms with Gasteiger partial charge < -0.3 is 9.47 Å². The summed E-state index contributed by atoms with van der Waals surface area (Å²) in [5.41, 5.74) is 0. The topological polar surface area (TPSA) is 98.8 Å². The molecule has 0 unspecified atom stereocenters. The number of carbonyl (C=O) groups is 2. The highest BCUT2D eigenvalue weighted by Gasteiger charge is 2.08. The Kier molecular flexibility index (Phi) is 5.61. The van der Waals surface area contributed by atoms with Crippen LogP contribution in [0.1, 0.15) is 6.42 Å². The number of nitrogens with one attached hydrogen (secondary N) is 1. The second-order valence-electron chi connectivity index (χ2n) is 2.33. The fourth-order valence-corrected chi connectivity index (χ4v) is 0.898. The van der Waals surface area contributed by atoms with Crippen molar-refractivity contribution in [3.05, 3.63) is 0 Å². The molecule has 0 aromatic rings. The first-order valence-electron chi connectivity index (χ1n) is 3.65. The predicted molar refractivity (Wildman–Crippen MR) is 46.0 cm³/mol. The lowest BCUT2D eigenvalue weighted by atomic mass is 10.5. The lowest BCUT2D eigenvalue weighted by molar-refractivity contribution is -0.128. The van der Waals surface area contributed by atoms with Crippen LogP contribution in [-0.4, -0.2) is 40.5 Å². The molecule has 0 bridgehead atoms. The zero-order valence-electron chi connectivity index (χ0n) is 7.56. The molecule has 0 radical (unpaired) electrons. The molecular formula is C6H11NO6S. The molecule has 1 N–H and O–H groups in total. The number of amides is 1. The Morgan fingerprint density at radius 3 is 2.57 bits per heavy atom. The van der Waals surface area contributed by atoms with Gasteiger partial charge in [-0.3, -0.25) is 4.79 Å². The van der Waals surface area contributed by atoms with E-state index in [1.807, 2.05) is 0 Å². The normalized spacial score (nSPS) is 10.4. The first kappa shape index (κ1) is 12.7. The van der Waals surface area contributed by atoms with Crippen molar-refractivity contribution in [3.63, 3.8) is 0 Å². The summed E-state index contributed by atoms with van der Waals surface area (Å²) in [4.78, 5) is 20.3. The molecule has 82 valence electrons. The average Bonchev–Trinajstić information content (AvgIpc) is 2.00. The summed E-state index contributed by atoms with van der Waals surface area (Å²) in [5, 5.41) is 0. The highest BCUT2D eigenvalue weighted by Crippen LogP contribution is 1.86. The van der Waals surface area contributed by atoms with E-state index in [0.29, 0.717) is 6.42 Å². The van der Waals surface area contributed by atoms with Crippen molar-refractivity contribution >= 4 is 22.6 Å². The van der Waals surface area contributed by atoms with Gasteiger partial charge in [-0.2, -0.15) is 0 Å². The molecule has 0 spiro atoms. The molecule has 0 aliphatic heterocycles. The maximum atomic E-state index is 10.7. The molecule has 0 aromatic heterocycles. The maximum absolute atomic E-state index is 10.7. The summed E-state index contributed by atoms with van der Waals surface area (Å²) in [6.07, 6.45) is 0.110. The van der Waals surface area contributed by atoms with Crippen molar-refractivity contribution in [1.82, 2.24) is 4.72 Å². The number of hydrogen-bond acceptors (Lipinski definition) is 6. The van der Waals surface area contributed by atoms with Crippen LogP contribution >= 0.6 is 0 Å². The molecule has 0 aromatic carbocycles. The smallest absolute Gasteiger partial charge is 0.420 e. The largest absolute Gasteiger partial charge is 0.468 e. The van der Waals surface area contributed by atoms with E-state index in [0.717, 1.165) is 6.26 Å². The predicted octanol–water partition coefficient (Wildman–Crippen LogP) is -0.765. The molecule has 7 nitrogen and oxygen atoms in total. The number of sulfonamides is 1. The van der Waals surface area contributed by atoms with Gasteiger partial charge in [0.05, 0.1) is 19.5 Å². The van der Waals surface area contributed by atoms with Crippen LogP contribution in [0.4, 0.5) is 4.79 Å². The van der Waals surface area contributed by atoms with Gasteiger partial charge in [0.1, 0.15) is 0 Å². The standard InChI is InChI=1S/C6H11NO6S/c1-14(10,11)7-6(9)13-4-2-3-12-5-8/h5H,2-4H2,1H3,(H,7,9). The Morgan fingerprint density at radius 1 is 1.43 bits per heavy atom. The molecule has 0 aliphatic carbocycles. The van der Waals surface area contributed by atoms with Crippen molar-refractivity contribution in [1.29, 1.82) is 0 Å². The highest BCUT2D eigenvalue weighted by molar-refractivity contribution is 7.89. The van der Waals surface area contributed by atoms with E-state index >= 15 is 0 Å². The molecule has 0 saturated carbocycles. The van der Waals surface area contributed by atoms with Crippen molar-refractivity contribution in [2.45, 2.75) is 6.42 Å². The van der Waals surface area contributed by atoms with Crippen LogP contribution in [-0.2, 0) is 24.3 Å².